The van der Waals surface area contributed by atoms with Crippen LogP contribution >= 0.6 is 23.4 Å². The summed E-state index contributed by atoms with van der Waals surface area (Å²) in [4.78, 5) is 15.7. The minimum Gasteiger partial charge on any atom is -0.310 e. The molecule has 0 aliphatic heterocycles. The molecule has 0 atom stereocenters. The summed E-state index contributed by atoms with van der Waals surface area (Å²) in [5.41, 5.74) is 1.71. The summed E-state index contributed by atoms with van der Waals surface area (Å²) in [5, 5.41) is 11.9. The Hall–Kier alpha value is -2.03. The van der Waals surface area contributed by atoms with Gasteiger partial charge in [-0.25, -0.2) is 4.98 Å². The average molecular weight is 318 g/mol. The maximum absolute atomic E-state index is 11.7. The Bertz CT molecular complexity index is 650. The van der Waals surface area contributed by atoms with Crippen LogP contribution in [0.1, 0.15) is 11.1 Å². The van der Waals surface area contributed by atoms with Gasteiger partial charge in [0.2, 0.25) is 5.91 Å². The van der Waals surface area contributed by atoms with E-state index < -0.39 is 0 Å². The van der Waals surface area contributed by atoms with Gasteiger partial charge in [-0.2, -0.15) is 5.26 Å². The molecule has 0 radical (unpaired) electrons. The molecule has 6 heteroatoms. The van der Waals surface area contributed by atoms with E-state index in [1.807, 2.05) is 12.1 Å². The van der Waals surface area contributed by atoms with Crippen molar-refractivity contribution >= 4 is 35.1 Å². The van der Waals surface area contributed by atoms with Crippen molar-refractivity contribution in [1.29, 1.82) is 5.26 Å². The van der Waals surface area contributed by atoms with Crippen LogP contribution in [0.25, 0.3) is 0 Å². The minimum absolute atomic E-state index is 0.108. The van der Waals surface area contributed by atoms with Crippen molar-refractivity contribution < 1.29 is 4.79 Å². The number of amides is 1. The van der Waals surface area contributed by atoms with Gasteiger partial charge in [0.15, 0.2) is 0 Å². The normalized spacial score (nSPS) is 9.90. The average Bonchev–Trinajstić information content (AvgIpc) is 2.50. The van der Waals surface area contributed by atoms with Gasteiger partial charge in [-0.3, -0.25) is 4.79 Å². The molecule has 0 fully saturated rings. The summed E-state index contributed by atoms with van der Waals surface area (Å²) in [7, 11) is 0. The number of nitrogens with zero attached hydrogens (tertiary/aromatic N) is 2. The van der Waals surface area contributed by atoms with Gasteiger partial charge >= 0.3 is 0 Å². The van der Waals surface area contributed by atoms with Gasteiger partial charge in [0, 0.05) is 11.9 Å². The molecule has 0 saturated carbocycles. The van der Waals surface area contributed by atoms with E-state index in [-0.39, 0.29) is 5.91 Å². The summed E-state index contributed by atoms with van der Waals surface area (Å²) in [6.07, 6.45) is 1.49. The Morgan fingerprint density at radius 1 is 1.29 bits per heavy atom. The number of carbonyl (C=O) groups excluding carboxylic acids is 1. The summed E-state index contributed by atoms with van der Waals surface area (Å²) < 4.78 is 0. The molecular formula is C15H12ClN3OS. The first-order valence-electron chi connectivity index (χ1n) is 6.15. The maximum Gasteiger partial charge on any atom is 0.235 e. The fourth-order valence-electron chi connectivity index (χ4n) is 1.57. The first-order chi connectivity index (χ1) is 10.2. The monoisotopic (exact) mass is 317 g/mol. The second-order valence-electron chi connectivity index (χ2n) is 4.21. The molecule has 2 rings (SSSR count). The lowest BCUT2D eigenvalue weighted by Crippen LogP contribution is -2.15. The van der Waals surface area contributed by atoms with Crippen LogP contribution in [-0.4, -0.2) is 16.6 Å². The van der Waals surface area contributed by atoms with E-state index in [1.54, 1.807) is 24.3 Å². The van der Waals surface area contributed by atoms with Crippen LogP contribution in [0.2, 0.25) is 5.02 Å². The molecule has 1 heterocycles. The Labute approximate surface area is 132 Å². The van der Waals surface area contributed by atoms with Gasteiger partial charge in [-0.05, 0) is 29.8 Å². The first kappa shape index (κ1) is 15.4. The van der Waals surface area contributed by atoms with Gasteiger partial charge in [-0.1, -0.05) is 23.7 Å². The standard InChI is InChI=1S/C15H12ClN3OS/c16-13-5-6-14(18-8-13)19-15(20)10-21-9-12-3-1-11(7-17)2-4-12/h1-6,8H,9-10H2,(H,18,19,20). The summed E-state index contributed by atoms with van der Waals surface area (Å²) in [6.45, 7) is 0. The molecule has 0 bridgehead atoms. The largest absolute Gasteiger partial charge is 0.310 e. The quantitative estimate of drug-likeness (QED) is 0.917. The second-order valence-corrected chi connectivity index (χ2v) is 5.63. The molecule has 1 amide bonds. The van der Waals surface area contributed by atoms with Gasteiger partial charge in [-0.15, -0.1) is 11.8 Å². The van der Waals surface area contributed by atoms with Crippen LogP contribution in [0.4, 0.5) is 5.82 Å². The smallest absolute Gasteiger partial charge is 0.235 e. The van der Waals surface area contributed by atoms with Crippen molar-refractivity contribution in [1.82, 2.24) is 4.98 Å². The second kappa shape index (κ2) is 7.67. The van der Waals surface area contributed by atoms with Crippen molar-refractivity contribution in [3.8, 4) is 6.07 Å². The van der Waals surface area contributed by atoms with E-state index in [9.17, 15) is 4.79 Å². The molecule has 0 spiro atoms. The number of pyridine rings is 1. The Balaban J connectivity index is 1.76. The molecule has 2 aromatic rings. The Kier molecular flexibility index (Phi) is 5.61. The van der Waals surface area contributed by atoms with Gasteiger partial charge in [0.05, 0.1) is 22.4 Å². The maximum atomic E-state index is 11.7. The molecule has 0 aliphatic carbocycles. The topological polar surface area (TPSA) is 65.8 Å². The highest BCUT2D eigenvalue weighted by Gasteiger charge is 2.04. The van der Waals surface area contributed by atoms with E-state index >= 15 is 0 Å². The van der Waals surface area contributed by atoms with Crippen molar-refractivity contribution in [2.24, 2.45) is 0 Å². The number of rotatable bonds is 5. The van der Waals surface area contributed by atoms with E-state index in [4.69, 9.17) is 16.9 Å². The summed E-state index contributed by atoms with van der Waals surface area (Å²) in [6, 6.07) is 12.7. The molecule has 1 aromatic heterocycles. The molecule has 21 heavy (non-hydrogen) atoms. The van der Waals surface area contributed by atoms with Crippen LogP contribution in [0.3, 0.4) is 0 Å². The van der Waals surface area contributed by atoms with Crippen LogP contribution in [-0.2, 0) is 10.5 Å². The number of benzene rings is 1. The molecule has 0 saturated heterocycles. The third-order valence-corrected chi connectivity index (χ3v) is 3.81. The third kappa shape index (κ3) is 5.10. The van der Waals surface area contributed by atoms with Crippen molar-refractivity contribution in [3.05, 3.63) is 58.7 Å². The number of hydrogen-bond donors (Lipinski definition) is 1. The van der Waals surface area contributed by atoms with Gasteiger partial charge in [0.1, 0.15) is 5.82 Å². The highest BCUT2D eigenvalue weighted by molar-refractivity contribution is 7.99. The summed E-state index contributed by atoms with van der Waals surface area (Å²) >= 11 is 7.22. The van der Waals surface area contributed by atoms with Crippen LogP contribution in [0.15, 0.2) is 42.6 Å². The molecule has 1 N–H and O–H groups in total. The van der Waals surface area contributed by atoms with Crippen LogP contribution in [0, 0.1) is 11.3 Å². The number of aromatic nitrogens is 1. The number of nitrogens with one attached hydrogen (secondary N) is 1. The molecule has 1 aromatic carbocycles. The lowest BCUT2D eigenvalue weighted by Gasteiger charge is -2.04. The molecule has 106 valence electrons. The van der Waals surface area contributed by atoms with E-state index in [0.717, 1.165) is 5.56 Å². The van der Waals surface area contributed by atoms with E-state index in [2.05, 4.69) is 16.4 Å². The predicted molar refractivity (Wildman–Crippen MR) is 85.2 cm³/mol. The molecule has 4 nitrogen and oxygen atoms in total. The van der Waals surface area contributed by atoms with Crippen molar-refractivity contribution in [2.45, 2.75) is 5.75 Å². The summed E-state index contributed by atoms with van der Waals surface area (Å²) in [5.74, 6) is 1.43. The lowest BCUT2D eigenvalue weighted by molar-refractivity contribution is -0.113. The van der Waals surface area contributed by atoms with Crippen molar-refractivity contribution in [3.63, 3.8) is 0 Å². The lowest BCUT2D eigenvalue weighted by atomic mass is 10.2. The third-order valence-electron chi connectivity index (χ3n) is 2.58. The molecule has 0 aliphatic rings. The number of nitriles is 1. The van der Waals surface area contributed by atoms with Gasteiger partial charge < -0.3 is 5.32 Å². The zero-order chi connectivity index (χ0) is 15.1. The SMILES string of the molecule is N#Cc1ccc(CSCC(=O)Nc2ccc(Cl)cn2)cc1. The van der Waals surface area contributed by atoms with Gasteiger partial charge in [0.25, 0.3) is 0 Å². The van der Waals surface area contributed by atoms with E-state index in [1.165, 1.54) is 18.0 Å². The van der Waals surface area contributed by atoms with Crippen LogP contribution in [0.5, 0.6) is 0 Å². The number of anilines is 1. The Morgan fingerprint density at radius 2 is 2.05 bits per heavy atom. The highest BCUT2D eigenvalue weighted by atomic mass is 35.5. The Morgan fingerprint density at radius 3 is 2.67 bits per heavy atom. The highest BCUT2D eigenvalue weighted by Crippen LogP contribution is 2.14. The van der Waals surface area contributed by atoms with E-state index in [0.29, 0.717) is 27.9 Å². The zero-order valence-electron chi connectivity index (χ0n) is 11.0. The molecule has 0 unspecified atom stereocenters. The number of thioether (sulfide) groups is 1. The number of hydrogen-bond acceptors (Lipinski definition) is 4. The van der Waals surface area contributed by atoms with Crippen molar-refractivity contribution in [2.75, 3.05) is 11.1 Å². The fraction of sp³-hybridized carbons (Fsp3) is 0.133. The minimum atomic E-state index is -0.108. The number of carbonyl (C=O) groups is 1. The number of halogens is 1. The fourth-order valence-corrected chi connectivity index (χ4v) is 2.47. The first-order valence-corrected chi connectivity index (χ1v) is 7.69. The van der Waals surface area contributed by atoms with Crippen LogP contribution < -0.4 is 5.32 Å². The predicted octanol–water partition coefficient (Wildman–Crippen LogP) is 3.48. The molecular weight excluding hydrogens is 306 g/mol. The zero-order valence-corrected chi connectivity index (χ0v) is 12.6.